The summed E-state index contributed by atoms with van der Waals surface area (Å²) < 4.78 is 5.41. The Morgan fingerprint density at radius 2 is 1.83 bits per heavy atom. The van der Waals surface area contributed by atoms with E-state index in [0.717, 1.165) is 44.0 Å². The molecular formula is C21H26N4O4. The highest BCUT2D eigenvalue weighted by Gasteiger charge is 2.16. The molecule has 1 fully saturated rings. The van der Waals surface area contributed by atoms with E-state index in [2.05, 4.69) is 28.1 Å². The number of nitro groups is 1. The van der Waals surface area contributed by atoms with Gasteiger partial charge in [-0.2, -0.15) is 0 Å². The second-order valence-corrected chi connectivity index (χ2v) is 7.01. The Bertz CT molecular complexity index is 861. The molecule has 1 aliphatic heterocycles. The molecule has 8 heteroatoms. The number of benzene rings is 2. The fourth-order valence-corrected chi connectivity index (χ4v) is 3.31. The number of anilines is 2. The van der Waals surface area contributed by atoms with Crippen molar-refractivity contribution in [1.29, 1.82) is 0 Å². The standard InChI is InChI=1S/C21H26N4O4/c1-3-23-10-12-24(13-11-23)18-6-9-20(16(2)14-18)22-21(26)15-29-19-7-4-17(5-8-19)25(27)28/h4-9,14H,3,10-13,15H2,1-2H3,(H,22,26). The molecule has 1 N–H and O–H groups in total. The highest BCUT2D eigenvalue weighted by atomic mass is 16.6. The van der Waals surface area contributed by atoms with E-state index in [0.29, 0.717) is 5.75 Å². The molecule has 2 aromatic carbocycles. The molecule has 0 spiro atoms. The first-order valence-corrected chi connectivity index (χ1v) is 9.71. The molecule has 1 aliphatic rings. The number of nitro benzene ring substituents is 1. The number of carbonyl (C=O) groups excluding carboxylic acids is 1. The number of carbonyl (C=O) groups is 1. The predicted octanol–water partition coefficient (Wildman–Crippen LogP) is 3.06. The lowest BCUT2D eigenvalue weighted by molar-refractivity contribution is -0.384. The molecule has 0 aliphatic carbocycles. The van der Waals surface area contributed by atoms with Crippen molar-refractivity contribution in [3.8, 4) is 5.75 Å². The summed E-state index contributed by atoms with van der Waals surface area (Å²) >= 11 is 0. The van der Waals surface area contributed by atoms with E-state index in [-0.39, 0.29) is 18.2 Å². The highest BCUT2D eigenvalue weighted by Crippen LogP contribution is 2.24. The molecule has 29 heavy (non-hydrogen) atoms. The predicted molar refractivity (Wildman–Crippen MR) is 113 cm³/mol. The van der Waals surface area contributed by atoms with Crippen molar-refractivity contribution in [3.05, 3.63) is 58.1 Å². The van der Waals surface area contributed by atoms with Gasteiger partial charge in [0.15, 0.2) is 6.61 Å². The van der Waals surface area contributed by atoms with Crippen molar-refractivity contribution < 1.29 is 14.5 Å². The number of non-ortho nitro benzene ring substituents is 1. The SMILES string of the molecule is CCN1CCN(c2ccc(NC(=O)COc3ccc([N+](=O)[O-])cc3)c(C)c2)CC1. The number of nitrogens with one attached hydrogen (secondary N) is 1. The van der Waals surface area contributed by atoms with Gasteiger partial charge in [-0.05, 0) is 49.4 Å². The zero-order valence-corrected chi connectivity index (χ0v) is 16.8. The highest BCUT2D eigenvalue weighted by molar-refractivity contribution is 5.92. The first-order valence-electron chi connectivity index (χ1n) is 9.71. The molecule has 154 valence electrons. The maximum atomic E-state index is 12.2. The van der Waals surface area contributed by atoms with E-state index in [9.17, 15) is 14.9 Å². The molecule has 0 aromatic heterocycles. The third-order valence-corrected chi connectivity index (χ3v) is 5.09. The van der Waals surface area contributed by atoms with Crippen molar-refractivity contribution in [3.63, 3.8) is 0 Å². The third-order valence-electron chi connectivity index (χ3n) is 5.09. The van der Waals surface area contributed by atoms with Crippen LogP contribution in [0.5, 0.6) is 5.75 Å². The summed E-state index contributed by atoms with van der Waals surface area (Å²) in [6, 6.07) is 11.7. The number of amides is 1. The normalized spacial score (nSPS) is 14.5. The third kappa shape index (κ3) is 5.45. The van der Waals surface area contributed by atoms with E-state index < -0.39 is 4.92 Å². The van der Waals surface area contributed by atoms with Crippen LogP contribution < -0.4 is 15.0 Å². The number of hydrogen-bond donors (Lipinski definition) is 1. The summed E-state index contributed by atoms with van der Waals surface area (Å²) in [6.07, 6.45) is 0. The minimum absolute atomic E-state index is 0.0198. The summed E-state index contributed by atoms with van der Waals surface area (Å²) in [7, 11) is 0. The van der Waals surface area contributed by atoms with Crippen molar-refractivity contribution in [2.24, 2.45) is 0 Å². The molecule has 0 radical (unpaired) electrons. The summed E-state index contributed by atoms with van der Waals surface area (Å²) in [5, 5.41) is 13.5. The van der Waals surface area contributed by atoms with Gasteiger partial charge in [-0.3, -0.25) is 14.9 Å². The minimum atomic E-state index is -0.480. The van der Waals surface area contributed by atoms with Gasteiger partial charge in [0, 0.05) is 49.7 Å². The zero-order chi connectivity index (χ0) is 20.8. The van der Waals surface area contributed by atoms with Gasteiger partial charge in [-0.25, -0.2) is 0 Å². The van der Waals surface area contributed by atoms with E-state index >= 15 is 0 Å². The first kappa shape index (κ1) is 20.6. The van der Waals surface area contributed by atoms with E-state index in [1.54, 1.807) is 0 Å². The average molecular weight is 398 g/mol. The van der Waals surface area contributed by atoms with Gasteiger partial charge < -0.3 is 19.9 Å². The molecule has 8 nitrogen and oxygen atoms in total. The number of aryl methyl sites for hydroxylation is 1. The van der Waals surface area contributed by atoms with Crippen LogP contribution in [-0.4, -0.2) is 55.1 Å². The van der Waals surface area contributed by atoms with Crippen LogP contribution in [0.3, 0.4) is 0 Å². The Balaban J connectivity index is 1.53. The molecule has 0 unspecified atom stereocenters. The smallest absolute Gasteiger partial charge is 0.269 e. The molecule has 3 rings (SSSR count). The maximum Gasteiger partial charge on any atom is 0.269 e. The van der Waals surface area contributed by atoms with E-state index in [4.69, 9.17) is 4.74 Å². The zero-order valence-electron chi connectivity index (χ0n) is 16.8. The molecule has 0 saturated carbocycles. The fourth-order valence-electron chi connectivity index (χ4n) is 3.31. The van der Waals surface area contributed by atoms with Gasteiger partial charge in [-0.1, -0.05) is 6.92 Å². The second-order valence-electron chi connectivity index (χ2n) is 7.01. The summed E-state index contributed by atoms with van der Waals surface area (Å²) in [5.41, 5.74) is 2.88. The van der Waals surface area contributed by atoms with Gasteiger partial charge in [-0.15, -0.1) is 0 Å². The summed E-state index contributed by atoms with van der Waals surface area (Å²) in [4.78, 5) is 27.2. The number of hydrogen-bond acceptors (Lipinski definition) is 6. The molecular weight excluding hydrogens is 372 g/mol. The Morgan fingerprint density at radius 1 is 1.14 bits per heavy atom. The minimum Gasteiger partial charge on any atom is -0.484 e. The van der Waals surface area contributed by atoms with Gasteiger partial charge >= 0.3 is 0 Å². The van der Waals surface area contributed by atoms with Crippen LogP contribution in [0.4, 0.5) is 17.1 Å². The van der Waals surface area contributed by atoms with Crippen LogP contribution in [0.1, 0.15) is 12.5 Å². The van der Waals surface area contributed by atoms with Crippen LogP contribution in [0, 0.1) is 17.0 Å². The first-order chi connectivity index (χ1) is 14.0. The maximum absolute atomic E-state index is 12.2. The lowest BCUT2D eigenvalue weighted by Crippen LogP contribution is -2.46. The van der Waals surface area contributed by atoms with Gasteiger partial charge in [0.2, 0.25) is 0 Å². The van der Waals surface area contributed by atoms with Crippen molar-refractivity contribution in [2.45, 2.75) is 13.8 Å². The van der Waals surface area contributed by atoms with E-state index in [1.807, 2.05) is 19.1 Å². The molecule has 1 amide bonds. The van der Waals surface area contributed by atoms with Gasteiger partial charge in [0.1, 0.15) is 5.75 Å². The fraction of sp³-hybridized carbons (Fsp3) is 0.381. The number of rotatable bonds is 7. The number of ether oxygens (including phenoxy) is 1. The average Bonchev–Trinajstić information content (AvgIpc) is 2.74. The Kier molecular flexibility index (Phi) is 6.66. The van der Waals surface area contributed by atoms with Gasteiger partial charge in [0.25, 0.3) is 11.6 Å². The summed E-state index contributed by atoms with van der Waals surface area (Å²) in [5.74, 6) is 0.125. The lowest BCUT2D eigenvalue weighted by atomic mass is 10.1. The van der Waals surface area contributed by atoms with Crippen LogP contribution in [-0.2, 0) is 4.79 Å². The summed E-state index contributed by atoms with van der Waals surface area (Å²) in [6.45, 7) is 9.20. The van der Waals surface area contributed by atoms with Crippen LogP contribution >= 0.6 is 0 Å². The second kappa shape index (κ2) is 9.38. The quantitative estimate of drug-likeness (QED) is 0.570. The van der Waals surface area contributed by atoms with Crippen LogP contribution in [0.2, 0.25) is 0 Å². The molecule has 2 aromatic rings. The number of nitrogens with zero attached hydrogens (tertiary/aromatic N) is 3. The van der Waals surface area contributed by atoms with Crippen molar-refractivity contribution >= 4 is 23.0 Å². The van der Waals surface area contributed by atoms with E-state index in [1.165, 1.54) is 30.0 Å². The molecule has 1 heterocycles. The number of likely N-dealkylation sites (N-methyl/N-ethyl adjacent to an activating group) is 1. The Morgan fingerprint density at radius 3 is 2.41 bits per heavy atom. The van der Waals surface area contributed by atoms with Gasteiger partial charge in [0.05, 0.1) is 4.92 Å². The van der Waals surface area contributed by atoms with Crippen LogP contribution in [0.15, 0.2) is 42.5 Å². The van der Waals surface area contributed by atoms with Crippen LogP contribution in [0.25, 0.3) is 0 Å². The monoisotopic (exact) mass is 398 g/mol. The molecule has 1 saturated heterocycles. The van der Waals surface area contributed by atoms with Crippen molar-refractivity contribution in [2.75, 3.05) is 49.5 Å². The molecule has 0 bridgehead atoms. The Hall–Kier alpha value is -3.13. The lowest BCUT2D eigenvalue weighted by Gasteiger charge is -2.35. The largest absolute Gasteiger partial charge is 0.484 e. The molecule has 0 atom stereocenters. The van der Waals surface area contributed by atoms with Crippen molar-refractivity contribution in [1.82, 2.24) is 4.90 Å². The topological polar surface area (TPSA) is 88.0 Å². The number of piperazine rings is 1. The Labute approximate surface area is 170 Å².